The standard InChI is InChI=1S/C19H25N3O2/c1-2-15(20)9-7-14(19(23)24)11-16-18-10-8-13-5-3-4-6-17(13)22(18)12-21-16/h3-6,12,14-15H,2,7-11,20H2,1H3,(H,23,24)/t14-,15?/m0/s1. The number of aryl methyl sites for hydroxylation is 1. The Balaban J connectivity index is 1.79. The highest BCUT2D eigenvalue weighted by Crippen LogP contribution is 2.28. The van der Waals surface area contributed by atoms with Crippen molar-refractivity contribution in [2.45, 2.75) is 51.5 Å². The van der Waals surface area contributed by atoms with Gasteiger partial charge in [-0.3, -0.25) is 4.79 Å². The Kier molecular flexibility index (Phi) is 5.00. The number of aliphatic carboxylic acids is 1. The molecule has 0 saturated carbocycles. The van der Waals surface area contributed by atoms with Crippen LogP contribution in [0.3, 0.4) is 0 Å². The second-order valence-corrected chi connectivity index (χ2v) is 6.62. The summed E-state index contributed by atoms with van der Waals surface area (Å²) >= 11 is 0. The summed E-state index contributed by atoms with van der Waals surface area (Å²) in [5.74, 6) is -1.17. The smallest absolute Gasteiger partial charge is 0.306 e. The van der Waals surface area contributed by atoms with Gasteiger partial charge in [-0.25, -0.2) is 4.98 Å². The van der Waals surface area contributed by atoms with Gasteiger partial charge in [0.05, 0.1) is 17.9 Å². The first kappa shape index (κ1) is 16.7. The van der Waals surface area contributed by atoms with E-state index in [1.807, 2.05) is 19.3 Å². The van der Waals surface area contributed by atoms with Crippen LogP contribution in [0.2, 0.25) is 0 Å². The van der Waals surface area contributed by atoms with Crippen LogP contribution in [-0.4, -0.2) is 26.7 Å². The van der Waals surface area contributed by atoms with E-state index < -0.39 is 11.9 Å². The van der Waals surface area contributed by atoms with E-state index in [4.69, 9.17) is 5.73 Å². The fourth-order valence-electron chi connectivity index (χ4n) is 3.43. The van der Waals surface area contributed by atoms with Gasteiger partial charge in [0.1, 0.15) is 0 Å². The molecule has 0 bridgehead atoms. The van der Waals surface area contributed by atoms with Crippen LogP contribution < -0.4 is 5.73 Å². The molecule has 0 spiro atoms. The normalized spacial score (nSPS) is 15.4. The summed E-state index contributed by atoms with van der Waals surface area (Å²) in [5, 5.41) is 9.54. The molecule has 0 aliphatic carbocycles. The average molecular weight is 327 g/mol. The minimum Gasteiger partial charge on any atom is -0.481 e. The molecule has 1 aliphatic heterocycles. The number of imidazole rings is 1. The number of nitrogens with two attached hydrogens (primary N) is 1. The van der Waals surface area contributed by atoms with Gasteiger partial charge >= 0.3 is 5.97 Å². The van der Waals surface area contributed by atoms with Crippen molar-refractivity contribution in [1.82, 2.24) is 9.55 Å². The molecule has 24 heavy (non-hydrogen) atoms. The Labute approximate surface area is 142 Å². The molecular weight excluding hydrogens is 302 g/mol. The van der Waals surface area contributed by atoms with Gasteiger partial charge in [-0.15, -0.1) is 0 Å². The highest BCUT2D eigenvalue weighted by molar-refractivity contribution is 5.70. The van der Waals surface area contributed by atoms with Gasteiger partial charge in [0.25, 0.3) is 0 Å². The van der Waals surface area contributed by atoms with Crippen LogP contribution >= 0.6 is 0 Å². The topological polar surface area (TPSA) is 81.1 Å². The zero-order chi connectivity index (χ0) is 17.1. The molecule has 3 rings (SSSR count). The van der Waals surface area contributed by atoms with E-state index in [2.05, 4.69) is 27.8 Å². The quantitative estimate of drug-likeness (QED) is 0.819. The highest BCUT2D eigenvalue weighted by atomic mass is 16.4. The van der Waals surface area contributed by atoms with Crippen LogP contribution in [-0.2, 0) is 24.1 Å². The van der Waals surface area contributed by atoms with Crippen LogP contribution in [0.25, 0.3) is 5.69 Å². The Bertz CT molecular complexity index is 723. The molecule has 1 aromatic heterocycles. The number of benzene rings is 1. The Morgan fingerprint density at radius 2 is 2.12 bits per heavy atom. The molecule has 0 amide bonds. The van der Waals surface area contributed by atoms with Crippen LogP contribution in [0.1, 0.15) is 43.1 Å². The first-order chi connectivity index (χ1) is 11.6. The molecule has 128 valence electrons. The molecule has 2 heterocycles. The lowest BCUT2D eigenvalue weighted by Gasteiger charge is -2.20. The van der Waals surface area contributed by atoms with Gasteiger partial charge in [-0.2, -0.15) is 0 Å². The van der Waals surface area contributed by atoms with Gasteiger partial charge < -0.3 is 15.4 Å². The molecule has 1 aliphatic rings. The SMILES string of the molecule is CCC(N)CC[C@@H](Cc1ncn2c1CCc1ccccc1-2)C(=O)O. The monoisotopic (exact) mass is 327 g/mol. The number of carboxylic acids is 1. The summed E-state index contributed by atoms with van der Waals surface area (Å²) in [5.41, 5.74) is 10.5. The van der Waals surface area contributed by atoms with Gasteiger partial charge in [0, 0.05) is 23.8 Å². The Morgan fingerprint density at radius 1 is 1.33 bits per heavy atom. The van der Waals surface area contributed by atoms with Crippen LogP contribution in [0.15, 0.2) is 30.6 Å². The maximum absolute atomic E-state index is 11.6. The predicted molar refractivity (Wildman–Crippen MR) is 93.3 cm³/mol. The molecule has 1 unspecified atom stereocenters. The molecule has 5 heteroatoms. The van der Waals surface area contributed by atoms with Crippen molar-refractivity contribution in [1.29, 1.82) is 0 Å². The van der Waals surface area contributed by atoms with Crippen molar-refractivity contribution >= 4 is 5.97 Å². The fourth-order valence-corrected chi connectivity index (χ4v) is 3.43. The van der Waals surface area contributed by atoms with Crippen LogP contribution in [0.5, 0.6) is 0 Å². The van der Waals surface area contributed by atoms with Crippen molar-refractivity contribution in [2.75, 3.05) is 0 Å². The lowest BCUT2D eigenvalue weighted by atomic mass is 9.92. The lowest BCUT2D eigenvalue weighted by Crippen LogP contribution is -2.24. The molecule has 0 saturated heterocycles. The van der Waals surface area contributed by atoms with E-state index in [0.29, 0.717) is 12.8 Å². The van der Waals surface area contributed by atoms with Gasteiger partial charge in [-0.1, -0.05) is 25.1 Å². The van der Waals surface area contributed by atoms with Crippen molar-refractivity contribution in [3.63, 3.8) is 0 Å². The summed E-state index contributed by atoms with van der Waals surface area (Å²) in [7, 11) is 0. The van der Waals surface area contributed by atoms with E-state index in [0.717, 1.165) is 42.8 Å². The number of para-hydroxylation sites is 1. The number of nitrogens with zero attached hydrogens (tertiary/aromatic N) is 2. The summed E-state index contributed by atoms with van der Waals surface area (Å²) < 4.78 is 2.12. The largest absolute Gasteiger partial charge is 0.481 e. The predicted octanol–water partition coefficient (Wildman–Crippen LogP) is 2.73. The number of rotatable bonds is 7. The molecule has 5 nitrogen and oxygen atoms in total. The first-order valence-corrected chi connectivity index (χ1v) is 8.72. The van der Waals surface area contributed by atoms with Gasteiger partial charge in [0.15, 0.2) is 0 Å². The molecule has 1 aromatic carbocycles. The fraction of sp³-hybridized carbons (Fsp3) is 0.474. The third kappa shape index (κ3) is 3.36. The maximum atomic E-state index is 11.6. The zero-order valence-corrected chi connectivity index (χ0v) is 14.1. The maximum Gasteiger partial charge on any atom is 0.306 e. The van der Waals surface area contributed by atoms with Crippen molar-refractivity contribution in [3.8, 4) is 5.69 Å². The van der Waals surface area contributed by atoms with E-state index in [-0.39, 0.29) is 6.04 Å². The Hall–Kier alpha value is -2.14. The lowest BCUT2D eigenvalue weighted by molar-refractivity contribution is -0.142. The number of fused-ring (bicyclic) bond motifs is 3. The van der Waals surface area contributed by atoms with Crippen molar-refractivity contribution in [2.24, 2.45) is 11.7 Å². The van der Waals surface area contributed by atoms with Gasteiger partial charge in [-0.05, 0) is 43.7 Å². The summed E-state index contributed by atoms with van der Waals surface area (Å²) in [6.07, 6.45) is 6.43. The number of hydrogen-bond acceptors (Lipinski definition) is 3. The molecule has 2 atom stereocenters. The van der Waals surface area contributed by atoms with Gasteiger partial charge in [0.2, 0.25) is 0 Å². The molecular formula is C19H25N3O2. The van der Waals surface area contributed by atoms with E-state index in [1.54, 1.807) is 0 Å². The Morgan fingerprint density at radius 3 is 2.88 bits per heavy atom. The highest BCUT2D eigenvalue weighted by Gasteiger charge is 2.25. The zero-order valence-electron chi connectivity index (χ0n) is 14.1. The summed E-state index contributed by atoms with van der Waals surface area (Å²) in [6, 6.07) is 8.40. The molecule has 2 aromatic rings. The minimum absolute atomic E-state index is 0.0784. The summed E-state index contributed by atoms with van der Waals surface area (Å²) in [6.45, 7) is 2.03. The van der Waals surface area contributed by atoms with E-state index in [1.165, 1.54) is 5.56 Å². The first-order valence-electron chi connectivity index (χ1n) is 8.72. The van der Waals surface area contributed by atoms with E-state index >= 15 is 0 Å². The summed E-state index contributed by atoms with van der Waals surface area (Å²) in [4.78, 5) is 16.2. The second-order valence-electron chi connectivity index (χ2n) is 6.62. The van der Waals surface area contributed by atoms with Crippen molar-refractivity contribution in [3.05, 3.63) is 47.5 Å². The number of carboxylic acid groups (broad SMARTS) is 1. The molecule has 0 fully saturated rings. The minimum atomic E-state index is -0.753. The average Bonchev–Trinajstić information content (AvgIpc) is 3.01. The second kappa shape index (κ2) is 7.18. The van der Waals surface area contributed by atoms with Crippen LogP contribution in [0.4, 0.5) is 0 Å². The molecule has 0 radical (unpaired) electrons. The van der Waals surface area contributed by atoms with Crippen molar-refractivity contribution < 1.29 is 9.90 Å². The molecule has 3 N–H and O–H groups in total. The van der Waals surface area contributed by atoms with E-state index in [9.17, 15) is 9.90 Å². The number of aromatic nitrogens is 2. The third-order valence-corrected chi connectivity index (χ3v) is 5.03. The third-order valence-electron chi connectivity index (χ3n) is 5.03. The number of carbonyl (C=O) groups is 1. The van der Waals surface area contributed by atoms with Crippen LogP contribution in [0, 0.1) is 5.92 Å². The number of hydrogen-bond donors (Lipinski definition) is 2.